The fourth-order valence-corrected chi connectivity index (χ4v) is 1.42. The number of aliphatic hydroxyl groups excluding tert-OH is 1. The summed E-state index contributed by atoms with van der Waals surface area (Å²) in [6, 6.07) is 0. The Kier molecular flexibility index (Phi) is 2.82. The van der Waals surface area contributed by atoms with Gasteiger partial charge in [-0.25, -0.2) is 15.0 Å². The fourth-order valence-electron chi connectivity index (χ4n) is 1.42. The standard InChI is InChI=1S/C10H13N5O/c1-7(4-16)2-3-15-6-14-8-9(11)12-5-13-10(8)15/h5-6,16H,1-4H2,(H2,11,12,13). The normalized spacial score (nSPS) is 10.8. The van der Waals surface area contributed by atoms with Crippen molar-refractivity contribution in [2.24, 2.45) is 0 Å². The minimum Gasteiger partial charge on any atom is -0.392 e. The molecule has 2 rings (SSSR count). The van der Waals surface area contributed by atoms with Gasteiger partial charge in [-0.2, -0.15) is 0 Å². The summed E-state index contributed by atoms with van der Waals surface area (Å²) in [6.45, 7) is 4.41. The average molecular weight is 219 g/mol. The van der Waals surface area contributed by atoms with E-state index in [0.717, 1.165) is 5.57 Å². The molecule has 0 aromatic carbocycles. The Labute approximate surface area is 92.5 Å². The first-order valence-corrected chi connectivity index (χ1v) is 4.91. The van der Waals surface area contributed by atoms with Crippen LogP contribution < -0.4 is 5.73 Å². The molecular weight excluding hydrogens is 206 g/mol. The molecule has 0 fully saturated rings. The first-order valence-electron chi connectivity index (χ1n) is 4.91. The Balaban J connectivity index is 2.25. The molecule has 2 aromatic rings. The number of aryl methyl sites for hydroxylation is 1. The lowest BCUT2D eigenvalue weighted by Crippen LogP contribution is -2.01. The zero-order chi connectivity index (χ0) is 11.5. The zero-order valence-corrected chi connectivity index (χ0v) is 8.80. The lowest BCUT2D eigenvalue weighted by molar-refractivity contribution is 0.325. The van der Waals surface area contributed by atoms with Gasteiger partial charge in [0.25, 0.3) is 0 Å². The number of hydrogen-bond donors (Lipinski definition) is 2. The number of hydrogen-bond acceptors (Lipinski definition) is 5. The number of imidazole rings is 1. The third-order valence-corrected chi connectivity index (χ3v) is 2.36. The Hall–Kier alpha value is -1.95. The van der Waals surface area contributed by atoms with Gasteiger partial charge in [0, 0.05) is 6.54 Å². The first kappa shape index (κ1) is 10.6. The van der Waals surface area contributed by atoms with E-state index in [9.17, 15) is 0 Å². The molecule has 6 heteroatoms. The lowest BCUT2D eigenvalue weighted by Gasteiger charge is -2.04. The topological polar surface area (TPSA) is 89.8 Å². The van der Waals surface area contributed by atoms with Gasteiger partial charge in [0.15, 0.2) is 11.5 Å². The molecule has 16 heavy (non-hydrogen) atoms. The third-order valence-electron chi connectivity index (χ3n) is 2.36. The maximum absolute atomic E-state index is 8.85. The quantitative estimate of drug-likeness (QED) is 0.724. The molecule has 2 heterocycles. The van der Waals surface area contributed by atoms with Crippen molar-refractivity contribution in [3.05, 3.63) is 24.8 Å². The predicted molar refractivity (Wildman–Crippen MR) is 60.6 cm³/mol. The number of nitrogens with two attached hydrogens (primary N) is 1. The van der Waals surface area contributed by atoms with Crippen molar-refractivity contribution in [1.29, 1.82) is 0 Å². The summed E-state index contributed by atoms with van der Waals surface area (Å²) in [5, 5.41) is 8.85. The molecule has 0 spiro atoms. The van der Waals surface area contributed by atoms with Crippen LogP contribution in [0.1, 0.15) is 6.42 Å². The van der Waals surface area contributed by atoms with Gasteiger partial charge in [-0.1, -0.05) is 12.2 Å². The van der Waals surface area contributed by atoms with Gasteiger partial charge in [-0.15, -0.1) is 0 Å². The third kappa shape index (κ3) is 1.87. The minimum atomic E-state index is 0.00372. The van der Waals surface area contributed by atoms with Crippen LogP contribution >= 0.6 is 0 Å². The van der Waals surface area contributed by atoms with E-state index in [2.05, 4.69) is 21.5 Å². The second-order valence-corrected chi connectivity index (χ2v) is 3.53. The van der Waals surface area contributed by atoms with Crippen molar-refractivity contribution in [1.82, 2.24) is 19.5 Å². The van der Waals surface area contributed by atoms with Crippen molar-refractivity contribution in [3.8, 4) is 0 Å². The van der Waals surface area contributed by atoms with E-state index in [-0.39, 0.29) is 6.61 Å². The molecule has 0 aliphatic heterocycles. The molecule has 0 amide bonds. The van der Waals surface area contributed by atoms with Crippen molar-refractivity contribution in [2.75, 3.05) is 12.3 Å². The minimum absolute atomic E-state index is 0.00372. The lowest BCUT2D eigenvalue weighted by atomic mass is 10.2. The van der Waals surface area contributed by atoms with Crippen LogP contribution in [0.3, 0.4) is 0 Å². The number of aromatic nitrogens is 4. The van der Waals surface area contributed by atoms with Crippen LogP contribution in [0.5, 0.6) is 0 Å². The van der Waals surface area contributed by atoms with Gasteiger partial charge in [0.1, 0.15) is 11.8 Å². The summed E-state index contributed by atoms with van der Waals surface area (Å²) in [5.41, 5.74) is 7.76. The summed E-state index contributed by atoms with van der Waals surface area (Å²) in [7, 11) is 0. The highest BCUT2D eigenvalue weighted by Crippen LogP contribution is 2.14. The number of rotatable bonds is 4. The van der Waals surface area contributed by atoms with Crippen LogP contribution in [0, 0.1) is 0 Å². The molecule has 6 nitrogen and oxygen atoms in total. The van der Waals surface area contributed by atoms with Crippen LogP contribution in [0.2, 0.25) is 0 Å². The number of aliphatic hydroxyl groups is 1. The van der Waals surface area contributed by atoms with E-state index in [1.165, 1.54) is 6.33 Å². The molecule has 0 saturated heterocycles. The SMILES string of the molecule is C=C(CO)CCn1cnc2c(N)ncnc21. The molecule has 0 aliphatic carbocycles. The maximum atomic E-state index is 8.85. The molecule has 84 valence electrons. The largest absolute Gasteiger partial charge is 0.392 e. The summed E-state index contributed by atoms with van der Waals surface area (Å²) < 4.78 is 1.87. The molecule has 0 unspecified atom stereocenters. The monoisotopic (exact) mass is 219 g/mol. The van der Waals surface area contributed by atoms with E-state index in [4.69, 9.17) is 10.8 Å². The Morgan fingerprint density at radius 2 is 2.25 bits per heavy atom. The first-order chi connectivity index (χ1) is 7.72. The summed E-state index contributed by atoms with van der Waals surface area (Å²) in [5.74, 6) is 0.379. The molecule has 0 radical (unpaired) electrons. The number of fused-ring (bicyclic) bond motifs is 1. The van der Waals surface area contributed by atoms with Crippen molar-refractivity contribution in [2.45, 2.75) is 13.0 Å². The molecule has 0 aliphatic rings. The highest BCUT2D eigenvalue weighted by molar-refractivity contribution is 5.81. The highest BCUT2D eigenvalue weighted by Gasteiger charge is 2.07. The summed E-state index contributed by atoms with van der Waals surface area (Å²) >= 11 is 0. The van der Waals surface area contributed by atoms with Gasteiger partial charge in [-0.05, 0) is 6.42 Å². The maximum Gasteiger partial charge on any atom is 0.165 e. The van der Waals surface area contributed by atoms with E-state index in [1.54, 1.807) is 6.33 Å². The predicted octanol–water partition coefficient (Wildman–Crippen LogP) is 0.347. The van der Waals surface area contributed by atoms with Crippen LogP contribution in [0.4, 0.5) is 5.82 Å². The molecule has 0 atom stereocenters. The van der Waals surface area contributed by atoms with E-state index in [0.29, 0.717) is 29.9 Å². The Morgan fingerprint density at radius 3 is 3.00 bits per heavy atom. The van der Waals surface area contributed by atoms with Crippen molar-refractivity contribution in [3.63, 3.8) is 0 Å². The van der Waals surface area contributed by atoms with Gasteiger partial charge in [0.2, 0.25) is 0 Å². The van der Waals surface area contributed by atoms with Crippen LogP contribution in [-0.2, 0) is 6.54 Å². The Morgan fingerprint density at radius 1 is 1.44 bits per heavy atom. The smallest absolute Gasteiger partial charge is 0.165 e. The molecule has 2 aromatic heterocycles. The van der Waals surface area contributed by atoms with Gasteiger partial charge < -0.3 is 15.4 Å². The van der Waals surface area contributed by atoms with Gasteiger partial charge in [0.05, 0.1) is 12.9 Å². The number of anilines is 1. The molecular formula is C10H13N5O. The van der Waals surface area contributed by atoms with Gasteiger partial charge >= 0.3 is 0 Å². The van der Waals surface area contributed by atoms with Gasteiger partial charge in [-0.3, -0.25) is 0 Å². The molecule has 3 N–H and O–H groups in total. The molecule has 0 saturated carbocycles. The summed E-state index contributed by atoms with van der Waals surface area (Å²) in [6.07, 6.45) is 3.77. The second kappa shape index (κ2) is 4.28. The fraction of sp³-hybridized carbons (Fsp3) is 0.300. The average Bonchev–Trinajstić information content (AvgIpc) is 2.70. The number of nitrogen functional groups attached to an aromatic ring is 1. The second-order valence-electron chi connectivity index (χ2n) is 3.53. The van der Waals surface area contributed by atoms with Crippen molar-refractivity contribution >= 4 is 17.0 Å². The van der Waals surface area contributed by atoms with E-state index >= 15 is 0 Å². The van der Waals surface area contributed by atoms with Crippen LogP contribution in [0.25, 0.3) is 11.2 Å². The van der Waals surface area contributed by atoms with Crippen LogP contribution in [0.15, 0.2) is 24.8 Å². The molecule has 0 bridgehead atoms. The van der Waals surface area contributed by atoms with E-state index < -0.39 is 0 Å². The summed E-state index contributed by atoms with van der Waals surface area (Å²) in [4.78, 5) is 12.1. The number of nitrogens with zero attached hydrogens (tertiary/aromatic N) is 4. The zero-order valence-electron chi connectivity index (χ0n) is 8.80. The highest BCUT2D eigenvalue weighted by atomic mass is 16.3. The Bertz CT molecular complexity index is 519. The van der Waals surface area contributed by atoms with Crippen molar-refractivity contribution < 1.29 is 5.11 Å². The van der Waals surface area contributed by atoms with Crippen LogP contribution in [-0.4, -0.2) is 31.2 Å². The van der Waals surface area contributed by atoms with E-state index in [1.807, 2.05) is 4.57 Å².